The second-order valence-corrected chi connectivity index (χ2v) is 6.79. The number of hydrogen-bond acceptors (Lipinski definition) is 5. The van der Waals surface area contributed by atoms with Crippen LogP contribution in [0.2, 0.25) is 0 Å². The Labute approximate surface area is 157 Å². The highest BCUT2D eigenvalue weighted by Gasteiger charge is 2.28. The third kappa shape index (κ3) is 4.10. The molecule has 2 aromatic carbocycles. The smallest absolute Gasteiger partial charge is 0.237 e. The fourth-order valence-corrected chi connectivity index (χ4v) is 3.29. The van der Waals surface area contributed by atoms with Crippen molar-refractivity contribution in [3.8, 4) is 11.5 Å². The molecule has 1 aliphatic heterocycles. The van der Waals surface area contributed by atoms with Crippen LogP contribution in [0.5, 0.6) is 11.5 Å². The molecule has 2 heterocycles. The molecule has 27 heavy (non-hydrogen) atoms. The Hall–Kier alpha value is -2.90. The Bertz CT molecular complexity index is 925. The number of H-pyrrole nitrogens is 1. The van der Waals surface area contributed by atoms with Crippen LogP contribution in [0.4, 0.5) is 0 Å². The first-order valence-electron chi connectivity index (χ1n) is 9.14. The molecule has 0 bridgehead atoms. The number of ether oxygens (including phenoxy) is 1. The molecule has 1 fully saturated rings. The summed E-state index contributed by atoms with van der Waals surface area (Å²) < 4.78 is 5.84. The first kappa shape index (κ1) is 17.5. The summed E-state index contributed by atoms with van der Waals surface area (Å²) in [5.41, 5.74) is 7.37. The Kier molecular flexibility index (Phi) is 5.04. The van der Waals surface area contributed by atoms with Gasteiger partial charge in [-0.05, 0) is 49.7 Å². The third-order valence-corrected chi connectivity index (χ3v) is 4.78. The van der Waals surface area contributed by atoms with E-state index in [4.69, 9.17) is 10.5 Å². The third-order valence-electron chi connectivity index (χ3n) is 4.78. The number of carbonyl (C=O) groups is 1. The predicted molar refractivity (Wildman–Crippen MR) is 103 cm³/mol. The Balaban J connectivity index is 1.39. The summed E-state index contributed by atoms with van der Waals surface area (Å²) in [7, 11) is 0. The molecule has 3 aromatic rings. The van der Waals surface area contributed by atoms with Gasteiger partial charge in [-0.1, -0.05) is 18.2 Å². The van der Waals surface area contributed by atoms with E-state index >= 15 is 0 Å². The van der Waals surface area contributed by atoms with E-state index in [9.17, 15) is 4.79 Å². The van der Waals surface area contributed by atoms with Crippen LogP contribution in [0, 0.1) is 5.92 Å². The number of fused-ring (bicyclic) bond motifs is 1. The summed E-state index contributed by atoms with van der Waals surface area (Å²) in [4.78, 5) is 20.1. The van der Waals surface area contributed by atoms with Crippen LogP contribution in [0.3, 0.4) is 0 Å². The monoisotopic (exact) mass is 365 g/mol. The topological polar surface area (TPSA) is 105 Å². The Morgan fingerprint density at radius 1 is 1.22 bits per heavy atom. The number of para-hydroxylation sites is 1. The average Bonchev–Trinajstić information content (AvgIpc) is 3.33. The van der Waals surface area contributed by atoms with Gasteiger partial charge in [-0.15, -0.1) is 0 Å². The van der Waals surface area contributed by atoms with Gasteiger partial charge in [-0.2, -0.15) is 0 Å². The summed E-state index contributed by atoms with van der Waals surface area (Å²) >= 11 is 0. The lowest BCUT2D eigenvalue weighted by Gasteiger charge is -2.10. The van der Waals surface area contributed by atoms with Crippen molar-refractivity contribution in [3.05, 3.63) is 54.4 Å². The quantitative estimate of drug-likeness (QED) is 0.534. The maximum absolute atomic E-state index is 12.3. The first-order valence-corrected chi connectivity index (χ1v) is 9.14. The van der Waals surface area contributed by atoms with Crippen molar-refractivity contribution in [3.63, 3.8) is 0 Å². The van der Waals surface area contributed by atoms with Gasteiger partial charge in [0.2, 0.25) is 5.91 Å². The summed E-state index contributed by atoms with van der Waals surface area (Å²) in [5, 5.41) is 6.15. The molecular formula is C20H23N5O2. The van der Waals surface area contributed by atoms with Gasteiger partial charge in [0.25, 0.3) is 0 Å². The zero-order chi connectivity index (χ0) is 18.6. The highest BCUT2D eigenvalue weighted by molar-refractivity contribution is 5.82. The van der Waals surface area contributed by atoms with Crippen LogP contribution in [-0.2, 0) is 11.3 Å². The molecule has 2 atom stereocenters. The number of benzene rings is 2. The minimum absolute atomic E-state index is 0.0143. The fourth-order valence-electron chi connectivity index (χ4n) is 3.29. The maximum atomic E-state index is 12.3. The lowest BCUT2D eigenvalue weighted by molar-refractivity contribution is -0.123. The molecule has 4 rings (SSSR count). The second-order valence-electron chi connectivity index (χ2n) is 6.79. The number of imidazole rings is 1. The molecule has 1 saturated heterocycles. The second kappa shape index (κ2) is 7.77. The van der Waals surface area contributed by atoms with Gasteiger partial charge in [0, 0.05) is 6.07 Å². The summed E-state index contributed by atoms with van der Waals surface area (Å²) in [5.74, 6) is 2.57. The minimum Gasteiger partial charge on any atom is -0.457 e. The maximum Gasteiger partial charge on any atom is 0.237 e. The van der Waals surface area contributed by atoms with E-state index in [1.807, 2.05) is 48.5 Å². The van der Waals surface area contributed by atoms with E-state index < -0.39 is 0 Å². The van der Waals surface area contributed by atoms with E-state index in [0.717, 1.165) is 35.5 Å². The van der Waals surface area contributed by atoms with E-state index in [1.54, 1.807) is 0 Å². The molecule has 1 amide bonds. The number of nitrogens with one attached hydrogen (secondary N) is 3. The molecule has 140 valence electrons. The van der Waals surface area contributed by atoms with Crippen molar-refractivity contribution in [2.24, 2.45) is 11.7 Å². The van der Waals surface area contributed by atoms with Crippen molar-refractivity contribution < 1.29 is 9.53 Å². The zero-order valence-electron chi connectivity index (χ0n) is 14.9. The van der Waals surface area contributed by atoms with Gasteiger partial charge in [0.1, 0.15) is 17.3 Å². The molecule has 7 nitrogen and oxygen atoms in total. The molecule has 1 aromatic heterocycles. The van der Waals surface area contributed by atoms with Gasteiger partial charge >= 0.3 is 0 Å². The van der Waals surface area contributed by atoms with Crippen molar-refractivity contribution >= 4 is 16.9 Å². The van der Waals surface area contributed by atoms with E-state index in [2.05, 4.69) is 20.6 Å². The van der Waals surface area contributed by atoms with Crippen molar-refractivity contribution in [2.45, 2.75) is 19.0 Å². The number of aromatic amines is 1. The van der Waals surface area contributed by atoms with Gasteiger partial charge in [0.05, 0.1) is 23.6 Å². The van der Waals surface area contributed by atoms with Crippen LogP contribution in [0.1, 0.15) is 12.2 Å². The number of carbonyl (C=O) groups excluding carboxylic acids is 1. The molecule has 1 aliphatic rings. The van der Waals surface area contributed by atoms with E-state index in [0.29, 0.717) is 24.8 Å². The minimum atomic E-state index is -0.172. The van der Waals surface area contributed by atoms with E-state index in [-0.39, 0.29) is 11.9 Å². The molecule has 0 saturated carbocycles. The summed E-state index contributed by atoms with van der Waals surface area (Å²) in [6.07, 6.45) is 0.780. The zero-order valence-corrected chi connectivity index (χ0v) is 14.9. The number of nitrogens with two attached hydrogens (primary N) is 1. The molecule has 0 unspecified atom stereocenters. The van der Waals surface area contributed by atoms with Crippen LogP contribution >= 0.6 is 0 Å². The van der Waals surface area contributed by atoms with Gasteiger partial charge in [-0.3, -0.25) is 4.79 Å². The molecular weight excluding hydrogens is 342 g/mol. The summed E-state index contributed by atoms with van der Waals surface area (Å²) in [6.45, 7) is 1.75. The lowest BCUT2D eigenvalue weighted by atomic mass is 10.1. The summed E-state index contributed by atoms with van der Waals surface area (Å²) in [6, 6.07) is 15.1. The van der Waals surface area contributed by atoms with Crippen LogP contribution in [0.15, 0.2) is 48.5 Å². The number of rotatable bonds is 6. The highest BCUT2D eigenvalue weighted by Crippen LogP contribution is 2.24. The predicted octanol–water partition coefficient (Wildman–Crippen LogP) is 1.91. The molecule has 0 spiro atoms. The molecule has 0 radical (unpaired) electrons. The molecule has 5 N–H and O–H groups in total. The van der Waals surface area contributed by atoms with Crippen LogP contribution in [0.25, 0.3) is 11.0 Å². The normalized spacial score (nSPS) is 19.3. The highest BCUT2D eigenvalue weighted by atomic mass is 16.5. The van der Waals surface area contributed by atoms with Gasteiger partial charge < -0.3 is 26.1 Å². The average molecular weight is 365 g/mol. The van der Waals surface area contributed by atoms with Crippen molar-refractivity contribution in [1.29, 1.82) is 0 Å². The number of nitrogens with zero attached hydrogens (tertiary/aromatic N) is 1. The lowest BCUT2D eigenvalue weighted by Crippen LogP contribution is -2.40. The number of aromatic nitrogens is 2. The van der Waals surface area contributed by atoms with Crippen LogP contribution < -0.4 is 21.1 Å². The number of amides is 1. The Morgan fingerprint density at radius 3 is 2.85 bits per heavy atom. The molecule has 0 aliphatic carbocycles. The Morgan fingerprint density at radius 2 is 2.07 bits per heavy atom. The van der Waals surface area contributed by atoms with E-state index in [1.165, 1.54) is 0 Å². The van der Waals surface area contributed by atoms with Gasteiger partial charge in [-0.25, -0.2) is 4.98 Å². The molecule has 7 heteroatoms. The fraction of sp³-hybridized carbons (Fsp3) is 0.300. The SMILES string of the molecule is NC[C@@H]1CN[C@@H](C(=O)NCc2nc3cc(Oc4ccccc4)ccc3[nH]2)C1. The largest absolute Gasteiger partial charge is 0.457 e. The standard InChI is InChI=1S/C20H23N5O2/c21-10-13-8-18(22-11-13)20(26)23-12-19-24-16-7-6-15(9-17(16)25-19)27-14-4-2-1-3-5-14/h1-7,9,13,18,22H,8,10-12,21H2,(H,23,26)(H,24,25)/t13-,18-/m1/s1. The van der Waals surface area contributed by atoms with Gasteiger partial charge in [0.15, 0.2) is 0 Å². The van der Waals surface area contributed by atoms with Crippen molar-refractivity contribution in [1.82, 2.24) is 20.6 Å². The van der Waals surface area contributed by atoms with Crippen molar-refractivity contribution in [2.75, 3.05) is 13.1 Å². The number of hydrogen-bond donors (Lipinski definition) is 4. The first-order chi connectivity index (χ1) is 13.2. The van der Waals surface area contributed by atoms with Crippen LogP contribution in [-0.4, -0.2) is 35.0 Å².